The molecule has 0 aliphatic carbocycles. The highest BCUT2D eigenvalue weighted by atomic mass is 32.2. The van der Waals surface area contributed by atoms with Crippen molar-refractivity contribution in [3.05, 3.63) is 40.9 Å². The van der Waals surface area contributed by atoms with Gasteiger partial charge in [0.2, 0.25) is 10.9 Å². The highest BCUT2D eigenvalue weighted by Crippen LogP contribution is 2.38. The van der Waals surface area contributed by atoms with Gasteiger partial charge in [-0.05, 0) is 45.7 Å². The Morgan fingerprint density at radius 2 is 1.96 bits per heavy atom. The zero-order valence-electron chi connectivity index (χ0n) is 14.7. The van der Waals surface area contributed by atoms with Gasteiger partial charge in [-0.15, -0.1) is 0 Å². The second-order valence-electron chi connectivity index (χ2n) is 6.49. The van der Waals surface area contributed by atoms with Gasteiger partial charge in [-0.1, -0.05) is 10.3 Å². The van der Waals surface area contributed by atoms with Gasteiger partial charge in [0, 0.05) is 18.2 Å². The molecule has 138 valence electrons. The number of sulfonamides is 1. The van der Waals surface area contributed by atoms with Crippen molar-refractivity contribution in [3.63, 3.8) is 0 Å². The van der Waals surface area contributed by atoms with E-state index in [0.29, 0.717) is 30.2 Å². The van der Waals surface area contributed by atoms with E-state index in [1.54, 1.807) is 19.1 Å². The Bertz CT molecular complexity index is 1050. The fourth-order valence-electron chi connectivity index (χ4n) is 3.19. The monoisotopic (exact) mass is 377 g/mol. The van der Waals surface area contributed by atoms with Crippen LogP contribution in [0.4, 0.5) is 0 Å². The second-order valence-corrected chi connectivity index (χ2v) is 8.31. The zero-order valence-corrected chi connectivity index (χ0v) is 15.5. The first kappa shape index (κ1) is 17.0. The number of rotatable bonds is 4. The maximum Gasteiger partial charge on any atom is 0.277 e. The summed E-state index contributed by atoms with van der Waals surface area (Å²) in [5.41, 5.74) is 2.28. The molecule has 0 spiro atoms. The third-order valence-electron chi connectivity index (χ3n) is 4.70. The summed E-state index contributed by atoms with van der Waals surface area (Å²) < 4.78 is 43.7. The van der Waals surface area contributed by atoms with E-state index in [-0.39, 0.29) is 11.1 Å². The first-order chi connectivity index (χ1) is 12.4. The number of nitrogens with zero attached hydrogens (tertiary/aromatic N) is 3. The van der Waals surface area contributed by atoms with Crippen LogP contribution in [-0.2, 0) is 10.0 Å². The van der Waals surface area contributed by atoms with Crippen molar-refractivity contribution in [2.75, 3.05) is 6.54 Å². The van der Waals surface area contributed by atoms with E-state index >= 15 is 0 Å². The van der Waals surface area contributed by atoms with Crippen LogP contribution in [0.25, 0.3) is 11.5 Å². The van der Waals surface area contributed by atoms with Crippen molar-refractivity contribution in [3.8, 4) is 11.5 Å². The molecule has 1 aliphatic heterocycles. The molecule has 0 aromatic carbocycles. The Labute approximate surface area is 150 Å². The first-order valence-corrected chi connectivity index (χ1v) is 9.80. The minimum Gasteiger partial charge on any atom is -0.440 e. The second kappa shape index (κ2) is 6.10. The molecule has 1 unspecified atom stereocenters. The molecule has 26 heavy (non-hydrogen) atoms. The molecule has 1 atom stereocenters. The maximum atomic E-state index is 13.1. The van der Waals surface area contributed by atoms with Crippen molar-refractivity contribution >= 4 is 10.0 Å². The third-order valence-corrected chi connectivity index (χ3v) is 6.49. The highest BCUT2D eigenvalue weighted by Gasteiger charge is 2.40. The third kappa shape index (κ3) is 2.67. The lowest BCUT2D eigenvalue weighted by molar-refractivity contribution is 0.292. The van der Waals surface area contributed by atoms with Crippen molar-refractivity contribution in [1.82, 2.24) is 14.6 Å². The van der Waals surface area contributed by atoms with E-state index in [9.17, 15) is 8.42 Å². The van der Waals surface area contributed by atoms with Crippen LogP contribution in [0.2, 0.25) is 0 Å². The van der Waals surface area contributed by atoms with Crippen molar-refractivity contribution < 1.29 is 21.9 Å². The summed E-state index contributed by atoms with van der Waals surface area (Å²) in [6.07, 6.45) is 1.43. The average Bonchev–Trinajstić information content (AvgIpc) is 3.35. The molecule has 3 aromatic rings. The molecule has 0 N–H and O–H groups in total. The Morgan fingerprint density at radius 3 is 2.62 bits per heavy atom. The Balaban J connectivity index is 1.67. The SMILES string of the molecule is Cc1cc(C2CCCN2S(=O)(=O)c2ccc(-c3onc(C)c3C)o2)on1. The molecule has 1 fully saturated rings. The molecule has 9 heteroatoms. The van der Waals surface area contributed by atoms with Crippen LogP contribution in [0.5, 0.6) is 0 Å². The topological polar surface area (TPSA) is 103 Å². The van der Waals surface area contributed by atoms with E-state index in [1.165, 1.54) is 10.4 Å². The van der Waals surface area contributed by atoms with E-state index < -0.39 is 10.0 Å². The van der Waals surface area contributed by atoms with Crippen molar-refractivity contribution in [1.29, 1.82) is 0 Å². The van der Waals surface area contributed by atoms with E-state index in [0.717, 1.165) is 23.4 Å². The van der Waals surface area contributed by atoms with Crippen molar-refractivity contribution in [2.45, 2.75) is 44.7 Å². The van der Waals surface area contributed by atoms with Gasteiger partial charge in [-0.3, -0.25) is 0 Å². The molecule has 0 bridgehead atoms. The summed E-state index contributed by atoms with van der Waals surface area (Å²) in [5, 5.41) is 7.63. The predicted molar refractivity (Wildman–Crippen MR) is 90.8 cm³/mol. The molecular weight excluding hydrogens is 358 g/mol. The number of hydrogen-bond donors (Lipinski definition) is 0. The zero-order chi connectivity index (χ0) is 18.5. The van der Waals surface area contributed by atoms with Crippen LogP contribution < -0.4 is 0 Å². The Morgan fingerprint density at radius 1 is 1.15 bits per heavy atom. The number of aryl methyl sites for hydroxylation is 2. The summed E-state index contributed by atoms with van der Waals surface area (Å²) in [4.78, 5) is 0. The van der Waals surface area contributed by atoms with Gasteiger partial charge >= 0.3 is 0 Å². The number of furan rings is 1. The highest BCUT2D eigenvalue weighted by molar-refractivity contribution is 7.89. The van der Waals surface area contributed by atoms with Crippen LogP contribution in [0.15, 0.2) is 36.8 Å². The summed E-state index contributed by atoms with van der Waals surface area (Å²) in [6.45, 7) is 5.88. The summed E-state index contributed by atoms with van der Waals surface area (Å²) >= 11 is 0. The fraction of sp³-hybridized carbons (Fsp3) is 0.412. The molecule has 3 aromatic heterocycles. The quantitative estimate of drug-likeness (QED) is 0.686. The Kier molecular flexibility index (Phi) is 4.00. The van der Waals surface area contributed by atoms with Gasteiger partial charge < -0.3 is 13.5 Å². The fourth-order valence-corrected chi connectivity index (χ4v) is 4.77. The Hall–Kier alpha value is -2.39. The number of hydrogen-bond acceptors (Lipinski definition) is 7. The van der Waals surface area contributed by atoms with Gasteiger partial charge in [0.15, 0.2) is 11.5 Å². The van der Waals surface area contributed by atoms with E-state index in [4.69, 9.17) is 13.5 Å². The molecule has 4 rings (SSSR count). The molecular formula is C17H19N3O5S. The summed E-state index contributed by atoms with van der Waals surface area (Å²) in [6, 6.07) is 4.43. The molecule has 4 heterocycles. The van der Waals surface area contributed by atoms with Crippen LogP contribution in [-0.4, -0.2) is 29.6 Å². The summed E-state index contributed by atoms with van der Waals surface area (Å²) in [5.74, 6) is 1.33. The van der Waals surface area contributed by atoms with Gasteiger partial charge in [0.05, 0.1) is 17.4 Å². The van der Waals surface area contributed by atoms with Crippen LogP contribution in [0.3, 0.4) is 0 Å². The van der Waals surface area contributed by atoms with Gasteiger partial charge in [-0.2, -0.15) is 4.31 Å². The van der Waals surface area contributed by atoms with Crippen LogP contribution >= 0.6 is 0 Å². The smallest absolute Gasteiger partial charge is 0.277 e. The first-order valence-electron chi connectivity index (χ1n) is 8.36. The van der Waals surface area contributed by atoms with E-state index in [1.807, 2.05) is 13.8 Å². The van der Waals surface area contributed by atoms with Crippen LogP contribution in [0.1, 0.15) is 41.6 Å². The normalized spacial score (nSPS) is 18.7. The largest absolute Gasteiger partial charge is 0.440 e. The molecule has 8 nitrogen and oxygen atoms in total. The summed E-state index contributed by atoms with van der Waals surface area (Å²) in [7, 11) is -3.80. The van der Waals surface area contributed by atoms with Gasteiger partial charge in [0.25, 0.3) is 10.0 Å². The lowest BCUT2D eigenvalue weighted by Gasteiger charge is -2.20. The molecule has 0 saturated carbocycles. The maximum absolute atomic E-state index is 13.1. The predicted octanol–water partition coefficient (Wildman–Crippen LogP) is 3.37. The molecule has 0 radical (unpaired) electrons. The lowest BCUT2D eigenvalue weighted by Crippen LogP contribution is -2.30. The molecule has 1 saturated heterocycles. The lowest BCUT2D eigenvalue weighted by atomic mass is 10.2. The number of aromatic nitrogens is 2. The molecule has 1 aliphatic rings. The minimum atomic E-state index is -3.80. The standard InChI is InChI=1S/C17H19N3O5S/c1-10-9-15(24-18-10)13-5-4-8-20(13)26(21,22)16-7-6-14(23-16)17-11(2)12(3)19-25-17/h6-7,9,13H,4-5,8H2,1-3H3. The van der Waals surface area contributed by atoms with Gasteiger partial charge in [0.1, 0.15) is 0 Å². The van der Waals surface area contributed by atoms with Gasteiger partial charge in [-0.25, -0.2) is 8.42 Å². The minimum absolute atomic E-state index is 0.121. The van der Waals surface area contributed by atoms with E-state index in [2.05, 4.69) is 10.3 Å². The molecule has 0 amide bonds. The van der Waals surface area contributed by atoms with Crippen LogP contribution in [0, 0.1) is 20.8 Å². The van der Waals surface area contributed by atoms with Crippen molar-refractivity contribution in [2.24, 2.45) is 0 Å². The average molecular weight is 377 g/mol.